The fourth-order valence-corrected chi connectivity index (χ4v) is 5.56. The summed E-state index contributed by atoms with van der Waals surface area (Å²) in [5.41, 5.74) is 3.66. The number of benzene rings is 4. The summed E-state index contributed by atoms with van der Waals surface area (Å²) in [5, 5.41) is 4.54. The standard InChI is InChI=1S/C32H27IN2O5/c1-4-39-28-17-21(16-27(33)29(28)40-18-23-10-7-9-22-8-5-6-11-25(22)23)15-26-30(36)34-32(38)35(31(26)37)24-13-19(2)12-20(3)14-24/h5-17H,4,18H2,1-3H3,(H,34,36,38)/b26-15+. The number of hydrogen-bond donors (Lipinski definition) is 1. The molecule has 1 aliphatic rings. The molecule has 0 atom stereocenters. The highest BCUT2D eigenvalue weighted by Crippen LogP contribution is 2.36. The minimum atomic E-state index is -0.779. The summed E-state index contributed by atoms with van der Waals surface area (Å²) in [4.78, 5) is 39.8. The van der Waals surface area contributed by atoms with Crippen molar-refractivity contribution in [3.63, 3.8) is 0 Å². The molecule has 0 saturated carbocycles. The van der Waals surface area contributed by atoms with Crippen molar-refractivity contribution in [2.75, 3.05) is 11.5 Å². The molecule has 202 valence electrons. The molecule has 0 aliphatic carbocycles. The minimum Gasteiger partial charge on any atom is -0.490 e. The van der Waals surface area contributed by atoms with E-state index in [1.165, 1.54) is 6.08 Å². The number of halogens is 1. The highest BCUT2D eigenvalue weighted by molar-refractivity contribution is 14.1. The molecule has 4 aromatic carbocycles. The van der Waals surface area contributed by atoms with Crippen LogP contribution in [-0.2, 0) is 16.2 Å². The van der Waals surface area contributed by atoms with Crippen LogP contribution in [0.15, 0.2) is 78.4 Å². The summed E-state index contributed by atoms with van der Waals surface area (Å²) >= 11 is 2.16. The Bertz CT molecular complexity index is 1670. The number of nitrogens with zero attached hydrogens (tertiary/aromatic N) is 1. The molecule has 7 nitrogen and oxygen atoms in total. The maximum Gasteiger partial charge on any atom is 0.335 e. The number of carbonyl (C=O) groups excluding carboxylic acids is 3. The number of anilines is 1. The quantitative estimate of drug-likeness (QED) is 0.137. The van der Waals surface area contributed by atoms with Crippen molar-refractivity contribution in [2.45, 2.75) is 27.4 Å². The Labute approximate surface area is 245 Å². The molecule has 0 spiro atoms. The van der Waals surface area contributed by atoms with Crippen molar-refractivity contribution in [1.82, 2.24) is 5.32 Å². The lowest BCUT2D eigenvalue weighted by atomic mass is 10.0. The molecule has 0 unspecified atom stereocenters. The predicted octanol–water partition coefficient (Wildman–Crippen LogP) is 6.71. The molecule has 5 rings (SSSR count). The van der Waals surface area contributed by atoms with Gasteiger partial charge in [-0.25, -0.2) is 9.69 Å². The molecule has 1 heterocycles. The highest BCUT2D eigenvalue weighted by atomic mass is 127. The van der Waals surface area contributed by atoms with Crippen LogP contribution in [-0.4, -0.2) is 24.5 Å². The van der Waals surface area contributed by atoms with Gasteiger partial charge in [-0.2, -0.15) is 0 Å². The molecule has 4 aromatic rings. The fourth-order valence-electron chi connectivity index (χ4n) is 4.78. The van der Waals surface area contributed by atoms with E-state index in [1.54, 1.807) is 18.2 Å². The second-order valence-corrected chi connectivity index (χ2v) is 10.7. The zero-order valence-electron chi connectivity index (χ0n) is 22.3. The van der Waals surface area contributed by atoms with E-state index in [0.29, 0.717) is 36.0 Å². The summed E-state index contributed by atoms with van der Waals surface area (Å²) in [6.07, 6.45) is 1.47. The zero-order chi connectivity index (χ0) is 28.4. The van der Waals surface area contributed by atoms with E-state index in [1.807, 2.05) is 57.2 Å². The molecule has 1 aliphatic heterocycles. The van der Waals surface area contributed by atoms with E-state index in [9.17, 15) is 14.4 Å². The van der Waals surface area contributed by atoms with Gasteiger partial charge in [0.05, 0.1) is 15.9 Å². The van der Waals surface area contributed by atoms with Crippen LogP contribution in [0.4, 0.5) is 10.5 Å². The number of ether oxygens (including phenoxy) is 2. The molecular weight excluding hydrogens is 619 g/mol. The topological polar surface area (TPSA) is 84.9 Å². The van der Waals surface area contributed by atoms with Crippen molar-refractivity contribution < 1.29 is 23.9 Å². The van der Waals surface area contributed by atoms with Gasteiger partial charge in [-0.1, -0.05) is 48.5 Å². The van der Waals surface area contributed by atoms with Crippen LogP contribution in [0.5, 0.6) is 11.5 Å². The van der Waals surface area contributed by atoms with Crippen LogP contribution in [0.1, 0.15) is 29.2 Å². The minimum absolute atomic E-state index is 0.151. The molecular formula is C32H27IN2O5. The largest absolute Gasteiger partial charge is 0.490 e. The zero-order valence-corrected chi connectivity index (χ0v) is 24.4. The lowest BCUT2D eigenvalue weighted by Crippen LogP contribution is -2.54. The van der Waals surface area contributed by atoms with E-state index >= 15 is 0 Å². The first-order valence-electron chi connectivity index (χ1n) is 12.8. The van der Waals surface area contributed by atoms with Crippen LogP contribution < -0.4 is 19.7 Å². The third-order valence-electron chi connectivity index (χ3n) is 6.46. The number of imide groups is 2. The van der Waals surface area contributed by atoms with Gasteiger partial charge in [-0.3, -0.25) is 14.9 Å². The van der Waals surface area contributed by atoms with Gasteiger partial charge in [0.2, 0.25) is 0 Å². The van der Waals surface area contributed by atoms with Crippen LogP contribution in [0.3, 0.4) is 0 Å². The van der Waals surface area contributed by atoms with E-state index in [4.69, 9.17) is 9.47 Å². The van der Waals surface area contributed by atoms with Crippen molar-refractivity contribution in [1.29, 1.82) is 0 Å². The van der Waals surface area contributed by atoms with E-state index < -0.39 is 17.8 Å². The molecule has 1 N–H and O–H groups in total. The molecule has 0 radical (unpaired) electrons. The molecule has 40 heavy (non-hydrogen) atoms. The molecule has 1 fully saturated rings. The number of carbonyl (C=O) groups is 3. The molecule has 4 amide bonds. The van der Waals surface area contributed by atoms with E-state index in [0.717, 1.165) is 35.9 Å². The Morgan fingerprint density at radius 3 is 2.38 bits per heavy atom. The highest BCUT2D eigenvalue weighted by Gasteiger charge is 2.37. The lowest BCUT2D eigenvalue weighted by Gasteiger charge is -2.27. The SMILES string of the molecule is CCOc1cc(/C=C2\C(=O)NC(=O)N(c3cc(C)cc(C)c3)C2=O)cc(I)c1OCc1cccc2ccccc12. The number of fused-ring (bicyclic) bond motifs is 1. The van der Waals surface area contributed by atoms with Crippen molar-refractivity contribution >= 4 is 63.0 Å². The third-order valence-corrected chi connectivity index (χ3v) is 7.26. The van der Waals surface area contributed by atoms with Gasteiger partial charge in [0.1, 0.15) is 12.2 Å². The number of hydrogen-bond acceptors (Lipinski definition) is 5. The Balaban J connectivity index is 1.47. The second kappa shape index (κ2) is 11.5. The molecule has 0 aromatic heterocycles. The average Bonchev–Trinajstić information content (AvgIpc) is 2.90. The summed E-state index contributed by atoms with van der Waals surface area (Å²) in [5.74, 6) is -0.376. The van der Waals surface area contributed by atoms with Crippen molar-refractivity contribution in [2.24, 2.45) is 0 Å². The predicted molar refractivity (Wildman–Crippen MR) is 164 cm³/mol. The van der Waals surface area contributed by atoms with Gasteiger partial charge in [-0.15, -0.1) is 0 Å². The average molecular weight is 646 g/mol. The smallest absolute Gasteiger partial charge is 0.335 e. The van der Waals surface area contributed by atoms with Crippen LogP contribution in [0.25, 0.3) is 16.8 Å². The Morgan fingerprint density at radius 2 is 1.62 bits per heavy atom. The molecule has 1 saturated heterocycles. The maximum atomic E-state index is 13.4. The monoisotopic (exact) mass is 646 g/mol. The van der Waals surface area contributed by atoms with Gasteiger partial charge < -0.3 is 9.47 Å². The van der Waals surface area contributed by atoms with Crippen molar-refractivity contribution in [3.8, 4) is 11.5 Å². The normalized spacial score (nSPS) is 14.6. The first-order valence-corrected chi connectivity index (χ1v) is 13.9. The molecule has 8 heteroatoms. The lowest BCUT2D eigenvalue weighted by molar-refractivity contribution is -0.122. The summed E-state index contributed by atoms with van der Waals surface area (Å²) in [6.45, 7) is 6.37. The van der Waals surface area contributed by atoms with Crippen LogP contribution in [0.2, 0.25) is 0 Å². The Kier molecular flexibility index (Phi) is 7.88. The van der Waals surface area contributed by atoms with Crippen LogP contribution >= 0.6 is 22.6 Å². The van der Waals surface area contributed by atoms with Crippen LogP contribution in [0, 0.1) is 17.4 Å². The van der Waals surface area contributed by atoms with E-state index in [-0.39, 0.29) is 5.57 Å². The molecule has 0 bridgehead atoms. The summed E-state index contributed by atoms with van der Waals surface area (Å²) in [6, 6.07) is 22.4. The maximum absolute atomic E-state index is 13.4. The number of urea groups is 1. The number of nitrogens with one attached hydrogen (secondary N) is 1. The first-order chi connectivity index (χ1) is 19.2. The van der Waals surface area contributed by atoms with Gasteiger partial charge in [0.25, 0.3) is 11.8 Å². The fraction of sp³-hybridized carbons (Fsp3) is 0.156. The summed E-state index contributed by atoms with van der Waals surface area (Å²) < 4.78 is 12.9. The number of rotatable bonds is 7. The first kappa shape index (κ1) is 27.4. The Morgan fingerprint density at radius 1 is 0.900 bits per heavy atom. The van der Waals surface area contributed by atoms with Gasteiger partial charge in [-0.05, 0) is 107 Å². The van der Waals surface area contributed by atoms with Gasteiger partial charge >= 0.3 is 6.03 Å². The second-order valence-electron chi connectivity index (χ2n) is 9.49. The number of amides is 4. The van der Waals surface area contributed by atoms with E-state index in [2.05, 4.69) is 46.1 Å². The Hall–Kier alpha value is -4.18. The van der Waals surface area contributed by atoms with Gasteiger partial charge in [0.15, 0.2) is 11.5 Å². The number of aryl methyl sites for hydroxylation is 2. The summed E-state index contributed by atoms with van der Waals surface area (Å²) in [7, 11) is 0. The van der Waals surface area contributed by atoms with Crippen molar-refractivity contribution in [3.05, 3.63) is 104 Å². The number of barbiturate groups is 1. The van der Waals surface area contributed by atoms with Gasteiger partial charge in [0, 0.05) is 0 Å². The third kappa shape index (κ3) is 5.58.